The summed E-state index contributed by atoms with van der Waals surface area (Å²) >= 11 is 0. The zero-order chi connectivity index (χ0) is 12.9. The molecule has 0 heterocycles. The van der Waals surface area contributed by atoms with Gasteiger partial charge >= 0.3 is 0 Å². The highest BCUT2D eigenvalue weighted by Crippen LogP contribution is 2.36. The van der Waals surface area contributed by atoms with Crippen molar-refractivity contribution in [1.29, 1.82) is 0 Å². The Labute approximate surface area is 102 Å². The highest BCUT2D eigenvalue weighted by Gasteiger charge is 2.10. The second kappa shape index (κ2) is 6.08. The molecular weight excluding hydrogens is 239 g/mol. The van der Waals surface area contributed by atoms with E-state index in [-0.39, 0.29) is 0 Å². The maximum atomic E-state index is 11.1. The third-order valence-electron chi connectivity index (χ3n) is 2.49. The largest absolute Gasteiger partial charge is 0.493 e. The second-order valence-electron chi connectivity index (χ2n) is 4.07. The molecule has 17 heavy (non-hydrogen) atoms. The lowest BCUT2D eigenvalue weighted by molar-refractivity contribution is 0.354. The number of hydrogen-bond donors (Lipinski definition) is 1. The summed E-state index contributed by atoms with van der Waals surface area (Å²) in [6.45, 7) is 1.39. The summed E-state index contributed by atoms with van der Waals surface area (Å²) in [7, 11) is 0.294. The van der Waals surface area contributed by atoms with E-state index < -0.39 is 7.37 Å². The van der Waals surface area contributed by atoms with Crippen molar-refractivity contribution in [2.45, 2.75) is 12.8 Å². The van der Waals surface area contributed by atoms with Crippen LogP contribution in [0, 0.1) is 0 Å². The predicted octanol–water partition coefficient (Wildman–Crippen LogP) is 2.54. The number of aryl methyl sites for hydroxylation is 1. The van der Waals surface area contributed by atoms with Crippen molar-refractivity contribution < 1.29 is 18.9 Å². The Hall–Kier alpha value is -0.990. The van der Waals surface area contributed by atoms with E-state index in [0.29, 0.717) is 24.1 Å². The molecule has 0 saturated heterocycles. The van der Waals surface area contributed by atoms with Crippen LogP contribution in [0.4, 0.5) is 0 Å². The van der Waals surface area contributed by atoms with Crippen molar-refractivity contribution in [3.05, 3.63) is 23.8 Å². The molecule has 0 aliphatic rings. The van der Waals surface area contributed by atoms with Crippen LogP contribution in [0.5, 0.6) is 11.5 Å². The van der Waals surface area contributed by atoms with Gasteiger partial charge in [0.25, 0.3) is 0 Å². The van der Waals surface area contributed by atoms with Crippen LogP contribution in [0.1, 0.15) is 12.0 Å². The van der Waals surface area contributed by atoms with Gasteiger partial charge in [-0.15, -0.1) is 0 Å². The molecular formula is C12H19O4P. The Kier molecular flexibility index (Phi) is 5.03. The molecule has 0 amide bonds. The van der Waals surface area contributed by atoms with Gasteiger partial charge in [0.2, 0.25) is 0 Å². The van der Waals surface area contributed by atoms with E-state index in [0.717, 1.165) is 12.0 Å². The SMILES string of the molecule is COc1ccc(CCCP(C)(=O)O)cc1OC. The average molecular weight is 258 g/mol. The van der Waals surface area contributed by atoms with E-state index in [2.05, 4.69) is 0 Å². The number of rotatable bonds is 6. The number of benzene rings is 1. The predicted molar refractivity (Wildman–Crippen MR) is 68.5 cm³/mol. The molecule has 0 bridgehead atoms. The highest BCUT2D eigenvalue weighted by atomic mass is 31.2. The lowest BCUT2D eigenvalue weighted by Gasteiger charge is -2.10. The first kappa shape index (κ1) is 14.1. The first-order valence-corrected chi connectivity index (χ1v) is 7.75. The maximum absolute atomic E-state index is 11.1. The summed E-state index contributed by atoms with van der Waals surface area (Å²) in [6, 6.07) is 5.69. The number of methoxy groups -OCH3 is 2. The fourth-order valence-electron chi connectivity index (χ4n) is 1.61. The molecule has 0 fully saturated rings. The first-order chi connectivity index (χ1) is 7.96. The zero-order valence-electron chi connectivity index (χ0n) is 10.5. The fraction of sp³-hybridized carbons (Fsp3) is 0.500. The van der Waals surface area contributed by atoms with Gasteiger partial charge in [0.15, 0.2) is 18.9 Å². The maximum Gasteiger partial charge on any atom is 0.197 e. The molecule has 1 unspecified atom stereocenters. The van der Waals surface area contributed by atoms with Crippen LogP contribution in [0.15, 0.2) is 18.2 Å². The summed E-state index contributed by atoms with van der Waals surface area (Å²) in [5.74, 6) is 1.38. The van der Waals surface area contributed by atoms with Crippen molar-refractivity contribution in [2.24, 2.45) is 0 Å². The first-order valence-electron chi connectivity index (χ1n) is 5.46. The summed E-state index contributed by atoms with van der Waals surface area (Å²) in [5, 5.41) is 0. The van der Waals surface area contributed by atoms with Gasteiger partial charge in [-0.05, 0) is 30.5 Å². The molecule has 1 atom stereocenters. The van der Waals surface area contributed by atoms with Crippen molar-refractivity contribution in [2.75, 3.05) is 27.0 Å². The molecule has 0 aliphatic heterocycles. The van der Waals surface area contributed by atoms with Crippen LogP contribution >= 0.6 is 7.37 Å². The molecule has 1 N–H and O–H groups in total. The molecule has 1 aromatic rings. The van der Waals surface area contributed by atoms with Crippen molar-refractivity contribution >= 4 is 7.37 Å². The minimum absolute atomic E-state index is 0.349. The molecule has 1 aromatic carbocycles. The van der Waals surface area contributed by atoms with E-state index in [1.54, 1.807) is 14.2 Å². The summed E-state index contributed by atoms with van der Waals surface area (Å²) < 4.78 is 21.5. The van der Waals surface area contributed by atoms with E-state index in [4.69, 9.17) is 9.47 Å². The normalized spacial score (nSPS) is 14.1. The van der Waals surface area contributed by atoms with Crippen LogP contribution < -0.4 is 9.47 Å². The molecule has 0 saturated carbocycles. The standard InChI is InChI=1S/C12H19O4P/c1-15-11-7-6-10(9-12(11)16-2)5-4-8-17(3,13)14/h6-7,9H,4-5,8H2,1-3H3,(H,13,14). The minimum Gasteiger partial charge on any atom is -0.493 e. The van der Waals surface area contributed by atoms with Crippen LogP contribution in [0.2, 0.25) is 0 Å². The van der Waals surface area contributed by atoms with Gasteiger partial charge in [0.1, 0.15) is 0 Å². The lowest BCUT2D eigenvalue weighted by Crippen LogP contribution is -1.95. The van der Waals surface area contributed by atoms with Crippen LogP contribution in [0.25, 0.3) is 0 Å². The zero-order valence-corrected chi connectivity index (χ0v) is 11.4. The molecule has 0 aliphatic carbocycles. The third kappa shape index (κ3) is 4.80. The molecule has 0 radical (unpaired) electrons. The highest BCUT2D eigenvalue weighted by molar-refractivity contribution is 7.57. The van der Waals surface area contributed by atoms with Crippen molar-refractivity contribution in [3.63, 3.8) is 0 Å². The summed E-state index contributed by atoms with van der Waals surface area (Å²) in [6.07, 6.45) is 1.81. The topological polar surface area (TPSA) is 55.8 Å². The monoisotopic (exact) mass is 258 g/mol. The second-order valence-corrected chi connectivity index (χ2v) is 6.62. The summed E-state index contributed by atoms with van der Waals surface area (Å²) in [4.78, 5) is 9.19. The molecule has 0 aromatic heterocycles. The van der Waals surface area contributed by atoms with Gasteiger partial charge in [-0.1, -0.05) is 6.07 Å². The van der Waals surface area contributed by atoms with Crippen molar-refractivity contribution in [3.8, 4) is 11.5 Å². The van der Waals surface area contributed by atoms with Crippen molar-refractivity contribution in [1.82, 2.24) is 0 Å². The Morgan fingerprint density at radius 2 is 1.88 bits per heavy atom. The van der Waals surface area contributed by atoms with Gasteiger partial charge in [-0.3, -0.25) is 4.57 Å². The summed E-state index contributed by atoms with van der Waals surface area (Å²) in [5.41, 5.74) is 1.08. The van der Waals surface area contributed by atoms with Crippen LogP contribution in [-0.2, 0) is 11.0 Å². The smallest absolute Gasteiger partial charge is 0.197 e. The molecule has 0 spiro atoms. The number of hydrogen-bond acceptors (Lipinski definition) is 3. The van der Waals surface area contributed by atoms with Gasteiger partial charge in [0.05, 0.1) is 14.2 Å². The quantitative estimate of drug-likeness (QED) is 0.797. The molecule has 1 rings (SSSR count). The van der Waals surface area contributed by atoms with E-state index in [9.17, 15) is 9.46 Å². The minimum atomic E-state index is -2.89. The Balaban J connectivity index is 2.63. The molecule has 96 valence electrons. The fourth-order valence-corrected chi connectivity index (χ4v) is 2.36. The molecule has 5 heteroatoms. The van der Waals surface area contributed by atoms with E-state index >= 15 is 0 Å². The van der Waals surface area contributed by atoms with Gasteiger partial charge in [0, 0.05) is 12.8 Å². The Morgan fingerprint density at radius 3 is 2.41 bits per heavy atom. The Bertz CT molecular complexity index is 411. The van der Waals surface area contributed by atoms with E-state index in [1.807, 2.05) is 18.2 Å². The average Bonchev–Trinajstić information content (AvgIpc) is 2.27. The van der Waals surface area contributed by atoms with Gasteiger partial charge in [-0.25, -0.2) is 0 Å². The third-order valence-corrected chi connectivity index (χ3v) is 3.63. The van der Waals surface area contributed by atoms with Crippen LogP contribution in [0.3, 0.4) is 0 Å². The molecule has 4 nitrogen and oxygen atoms in total. The van der Waals surface area contributed by atoms with Crippen LogP contribution in [-0.4, -0.2) is 31.9 Å². The lowest BCUT2D eigenvalue weighted by atomic mass is 10.1. The Morgan fingerprint density at radius 1 is 1.24 bits per heavy atom. The number of ether oxygens (including phenoxy) is 2. The van der Waals surface area contributed by atoms with Gasteiger partial charge < -0.3 is 14.4 Å². The van der Waals surface area contributed by atoms with Gasteiger partial charge in [-0.2, -0.15) is 0 Å². The van der Waals surface area contributed by atoms with E-state index in [1.165, 1.54) is 6.66 Å².